The van der Waals surface area contributed by atoms with Crippen molar-refractivity contribution >= 4 is 49.7 Å². The maximum absolute atomic E-state index is 11.7. The smallest absolute Gasteiger partial charge is 0.334 e. The fourth-order valence-electron chi connectivity index (χ4n) is 2.62. The van der Waals surface area contributed by atoms with Gasteiger partial charge in [-0.3, -0.25) is 10.1 Å². The van der Waals surface area contributed by atoms with E-state index in [1.807, 2.05) is 55.5 Å². The molecule has 0 saturated heterocycles. The van der Waals surface area contributed by atoms with Gasteiger partial charge in [-0.15, -0.1) is 0 Å². The number of rotatable bonds is 5. The van der Waals surface area contributed by atoms with Crippen LogP contribution in [-0.2, 0) is 0 Å². The highest BCUT2D eigenvalue weighted by molar-refractivity contribution is 7.22. The maximum atomic E-state index is 11.7. The lowest BCUT2D eigenvalue weighted by Gasteiger charge is -2.09. The molecule has 2 N–H and O–H groups in total. The Hall–Kier alpha value is -3.59. The Morgan fingerprint density at radius 3 is 2.56 bits per heavy atom. The van der Waals surface area contributed by atoms with Gasteiger partial charge in [0.25, 0.3) is 0 Å². The zero-order valence-corrected chi connectivity index (χ0v) is 15.0. The molecule has 0 aliphatic rings. The fraction of sp³-hybridized carbons (Fsp3) is 0.0556. The molecule has 8 nitrogen and oxygen atoms in total. The minimum absolute atomic E-state index is 0.0872. The van der Waals surface area contributed by atoms with E-state index in [9.17, 15) is 10.1 Å². The summed E-state index contributed by atoms with van der Waals surface area (Å²) in [6.07, 6.45) is 1.28. The molecule has 0 aliphatic carbocycles. The van der Waals surface area contributed by atoms with E-state index in [0.717, 1.165) is 15.8 Å². The van der Waals surface area contributed by atoms with Crippen molar-refractivity contribution in [1.29, 1.82) is 0 Å². The number of nitrogens with zero attached hydrogens (tertiary/aromatic N) is 4. The number of thiazole rings is 1. The van der Waals surface area contributed by atoms with Crippen LogP contribution in [0.15, 0.2) is 54.9 Å². The molecule has 0 radical (unpaired) electrons. The van der Waals surface area contributed by atoms with Crippen molar-refractivity contribution in [3.05, 3.63) is 70.5 Å². The Bertz CT molecular complexity index is 1110. The van der Waals surface area contributed by atoms with Crippen molar-refractivity contribution < 1.29 is 4.92 Å². The second-order valence-corrected chi connectivity index (χ2v) is 6.81. The lowest BCUT2D eigenvalue weighted by atomic mass is 10.2. The molecule has 0 saturated carbocycles. The van der Waals surface area contributed by atoms with Crippen LogP contribution in [0.1, 0.15) is 5.56 Å². The average molecular weight is 378 g/mol. The van der Waals surface area contributed by atoms with Crippen LogP contribution in [0.3, 0.4) is 0 Å². The predicted molar refractivity (Wildman–Crippen MR) is 106 cm³/mol. The van der Waals surface area contributed by atoms with Crippen LogP contribution in [0.2, 0.25) is 0 Å². The Labute approximate surface area is 158 Å². The molecule has 0 bridgehead atoms. The summed E-state index contributed by atoms with van der Waals surface area (Å²) in [5.41, 5.74) is 2.32. The number of anilines is 4. The first-order valence-electron chi connectivity index (χ1n) is 8.06. The summed E-state index contributed by atoms with van der Waals surface area (Å²) < 4.78 is 0.981. The number of fused-ring (bicyclic) bond motifs is 1. The van der Waals surface area contributed by atoms with Gasteiger partial charge in [0.05, 0.1) is 15.1 Å². The molecule has 0 atom stereocenters. The monoisotopic (exact) mass is 378 g/mol. The highest BCUT2D eigenvalue weighted by Gasteiger charge is 2.24. The van der Waals surface area contributed by atoms with E-state index in [4.69, 9.17) is 0 Å². The molecule has 9 heteroatoms. The highest BCUT2D eigenvalue weighted by Crippen LogP contribution is 2.35. The zero-order valence-electron chi connectivity index (χ0n) is 14.2. The Morgan fingerprint density at radius 2 is 1.81 bits per heavy atom. The maximum Gasteiger partial charge on any atom is 0.353 e. The lowest BCUT2D eigenvalue weighted by Crippen LogP contribution is -2.05. The van der Waals surface area contributed by atoms with Gasteiger partial charge in [-0.1, -0.05) is 35.6 Å². The SMILES string of the molecule is Cc1cccc(Nc2ncnc(Nc3nc4ccccc4s3)c2[N+](=O)[O-])c1. The molecule has 4 rings (SSSR count). The third kappa shape index (κ3) is 3.53. The normalized spacial score (nSPS) is 10.7. The zero-order chi connectivity index (χ0) is 18.8. The van der Waals surface area contributed by atoms with E-state index < -0.39 is 4.92 Å². The van der Waals surface area contributed by atoms with Crippen molar-refractivity contribution in [2.24, 2.45) is 0 Å². The summed E-state index contributed by atoms with van der Waals surface area (Å²) in [7, 11) is 0. The summed E-state index contributed by atoms with van der Waals surface area (Å²) >= 11 is 1.40. The van der Waals surface area contributed by atoms with Gasteiger partial charge >= 0.3 is 5.69 Å². The van der Waals surface area contributed by atoms with Crippen LogP contribution < -0.4 is 10.6 Å². The molecule has 0 spiro atoms. The number of aromatic nitrogens is 3. The van der Waals surface area contributed by atoms with Crippen molar-refractivity contribution in [1.82, 2.24) is 15.0 Å². The first-order chi connectivity index (χ1) is 13.1. The summed E-state index contributed by atoms with van der Waals surface area (Å²) in [6, 6.07) is 15.1. The molecule has 2 heterocycles. The lowest BCUT2D eigenvalue weighted by molar-refractivity contribution is -0.383. The molecule has 134 valence electrons. The number of hydrogen-bond donors (Lipinski definition) is 2. The first kappa shape index (κ1) is 16.9. The number of para-hydroxylation sites is 1. The van der Waals surface area contributed by atoms with Gasteiger partial charge < -0.3 is 10.6 Å². The predicted octanol–water partition coefficient (Wildman–Crippen LogP) is 4.79. The standard InChI is InChI=1S/C18H14N6O2S/c1-11-5-4-6-12(9-11)21-16-15(24(25)26)17(20-10-19-16)23-18-22-13-7-2-3-8-14(13)27-18/h2-10H,1H3,(H2,19,20,21,22,23). The Kier molecular flexibility index (Phi) is 4.35. The third-order valence-corrected chi connectivity index (χ3v) is 4.76. The summed E-state index contributed by atoms with van der Waals surface area (Å²) in [4.78, 5) is 23.7. The molecule has 0 amide bonds. The fourth-order valence-corrected chi connectivity index (χ4v) is 3.49. The van der Waals surface area contributed by atoms with Gasteiger partial charge in [-0.25, -0.2) is 15.0 Å². The number of nitrogens with one attached hydrogen (secondary N) is 2. The van der Waals surface area contributed by atoms with Crippen LogP contribution in [-0.4, -0.2) is 19.9 Å². The molecule has 4 aromatic rings. The van der Waals surface area contributed by atoms with Crippen molar-refractivity contribution in [3.63, 3.8) is 0 Å². The van der Waals surface area contributed by atoms with Gasteiger partial charge in [0.1, 0.15) is 6.33 Å². The van der Waals surface area contributed by atoms with Crippen molar-refractivity contribution in [2.45, 2.75) is 6.92 Å². The van der Waals surface area contributed by atoms with Crippen molar-refractivity contribution in [3.8, 4) is 0 Å². The summed E-state index contributed by atoms with van der Waals surface area (Å²) in [5.74, 6) is 0.202. The molecule has 27 heavy (non-hydrogen) atoms. The molecular weight excluding hydrogens is 364 g/mol. The van der Waals surface area contributed by atoms with E-state index in [2.05, 4.69) is 25.6 Å². The highest BCUT2D eigenvalue weighted by atomic mass is 32.1. The molecular formula is C18H14N6O2S. The average Bonchev–Trinajstić information content (AvgIpc) is 3.04. The molecule has 0 fully saturated rings. The van der Waals surface area contributed by atoms with Crippen LogP contribution in [0.4, 0.5) is 28.1 Å². The van der Waals surface area contributed by atoms with Gasteiger partial charge in [-0.05, 0) is 36.8 Å². The van der Waals surface area contributed by atoms with Gasteiger partial charge in [0, 0.05) is 5.69 Å². The number of nitro groups is 1. The van der Waals surface area contributed by atoms with E-state index in [1.54, 1.807) is 0 Å². The van der Waals surface area contributed by atoms with Crippen LogP contribution >= 0.6 is 11.3 Å². The number of aryl methyl sites for hydroxylation is 1. The van der Waals surface area contributed by atoms with Crippen LogP contribution in [0, 0.1) is 17.0 Å². The first-order valence-corrected chi connectivity index (χ1v) is 8.87. The quantitative estimate of drug-likeness (QED) is 0.380. The number of benzene rings is 2. The molecule has 2 aromatic heterocycles. The van der Waals surface area contributed by atoms with Gasteiger partial charge in [0.15, 0.2) is 5.13 Å². The summed E-state index contributed by atoms with van der Waals surface area (Å²) in [5, 5.41) is 18.2. The second kappa shape index (κ2) is 6.96. The molecule has 2 aromatic carbocycles. The largest absolute Gasteiger partial charge is 0.353 e. The third-order valence-electron chi connectivity index (χ3n) is 3.80. The van der Waals surface area contributed by atoms with Crippen LogP contribution in [0.5, 0.6) is 0 Å². The van der Waals surface area contributed by atoms with E-state index in [0.29, 0.717) is 10.8 Å². The topological polar surface area (TPSA) is 106 Å². The van der Waals surface area contributed by atoms with E-state index in [1.165, 1.54) is 17.7 Å². The Balaban J connectivity index is 1.71. The minimum atomic E-state index is -0.506. The van der Waals surface area contributed by atoms with Crippen molar-refractivity contribution in [2.75, 3.05) is 10.6 Å². The van der Waals surface area contributed by atoms with E-state index >= 15 is 0 Å². The van der Waals surface area contributed by atoms with Gasteiger partial charge in [0.2, 0.25) is 11.6 Å². The molecule has 0 aliphatic heterocycles. The number of hydrogen-bond acceptors (Lipinski definition) is 8. The molecule has 0 unspecified atom stereocenters. The minimum Gasteiger partial charge on any atom is -0.334 e. The van der Waals surface area contributed by atoms with E-state index in [-0.39, 0.29) is 17.3 Å². The van der Waals surface area contributed by atoms with Crippen LogP contribution in [0.25, 0.3) is 10.2 Å². The second-order valence-electron chi connectivity index (χ2n) is 5.78. The van der Waals surface area contributed by atoms with Gasteiger partial charge in [-0.2, -0.15) is 0 Å². The Morgan fingerprint density at radius 1 is 1.04 bits per heavy atom. The summed E-state index contributed by atoms with van der Waals surface area (Å²) in [6.45, 7) is 1.94.